The van der Waals surface area contributed by atoms with Gasteiger partial charge in [-0.05, 0) is 38.5 Å². The van der Waals surface area contributed by atoms with Crippen LogP contribution in [0.4, 0.5) is 0 Å². The van der Waals surface area contributed by atoms with Gasteiger partial charge in [0.2, 0.25) is 0 Å². The first-order chi connectivity index (χ1) is 19.1. The summed E-state index contributed by atoms with van der Waals surface area (Å²) < 4.78 is 33.8. The van der Waals surface area contributed by atoms with Crippen LogP contribution in [-0.4, -0.2) is 21.6 Å². The third-order valence-corrected chi connectivity index (χ3v) is 8.52. The standard InChI is InChI=1S/C34H68O4S.H3N/c1-3-5-7-9-11-13-15-17-19-20-22-24-26-28-30-32-34-38-39(35,36)37-33-31-29-27-25-23-21-18-16-14-12-10-8-6-4-2;/h17,19H,3-16,18,20-34H2,1-2H3;1H3. The fourth-order valence-electron chi connectivity index (χ4n) is 5.00. The molecule has 0 aliphatic rings. The van der Waals surface area contributed by atoms with E-state index in [0.717, 1.165) is 38.5 Å². The average molecular weight is 590 g/mol. The number of hydrogen-bond acceptors (Lipinski definition) is 5. The predicted molar refractivity (Wildman–Crippen MR) is 176 cm³/mol. The smallest absolute Gasteiger partial charge is 0.344 e. The van der Waals surface area contributed by atoms with Gasteiger partial charge in [0.25, 0.3) is 0 Å². The second-order valence-corrected chi connectivity index (χ2v) is 12.9. The van der Waals surface area contributed by atoms with Gasteiger partial charge in [-0.3, -0.25) is 0 Å². The minimum absolute atomic E-state index is 0. The van der Waals surface area contributed by atoms with Crippen molar-refractivity contribution in [3.8, 4) is 0 Å². The zero-order valence-corrected chi connectivity index (χ0v) is 27.9. The molecule has 0 aromatic rings. The molecule has 0 rings (SSSR count). The van der Waals surface area contributed by atoms with E-state index in [1.165, 1.54) is 141 Å². The third-order valence-electron chi connectivity index (χ3n) is 7.61. The Labute approximate surface area is 251 Å². The number of allylic oxidation sites excluding steroid dienone is 2. The molecule has 0 amide bonds. The second kappa shape index (κ2) is 34.8. The predicted octanol–water partition coefficient (Wildman–Crippen LogP) is 11.9. The molecule has 0 unspecified atom stereocenters. The Morgan fingerprint density at radius 1 is 0.400 bits per heavy atom. The lowest BCUT2D eigenvalue weighted by molar-refractivity contribution is 0.208. The van der Waals surface area contributed by atoms with Gasteiger partial charge in [-0.1, -0.05) is 167 Å². The first-order valence-corrected chi connectivity index (χ1v) is 18.6. The molecule has 0 spiro atoms. The third kappa shape index (κ3) is 35.6. The van der Waals surface area contributed by atoms with Crippen LogP contribution in [-0.2, 0) is 18.8 Å². The van der Waals surface area contributed by atoms with Crippen molar-refractivity contribution in [1.29, 1.82) is 0 Å². The molecule has 242 valence electrons. The summed E-state index contributed by atoms with van der Waals surface area (Å²) in [5, 5.41) is 0. The van der Waals surface area contributed by atoms with Crippen molar-refractivity contribution in [1.82, 2.24) is 6.15 Å². The van der Waals surface area contributed by atoms with Crippen LogP contribution < -0.4 is 6.15 Å². The first kappa shape index (κ1) is 41.7. The molecule has 0 heterocycles. The van der Waals surface area contributed by atoms with Crippen molar-refractivity contribution in [2.45, 2.75) is 194 Å². The summed E-state index contributed by atoms with van der Waals surface area (Å²) in [5.41, 5.74) is 0. The summed E-state index contributed by atoms with van der Waals surface area (Å²) in [7, 11) is -3.83. The molecule has 0 aliphatic carbocycles. The molecule has 0 saturated heterocycles. The van der Waals surface area contributed by atoms with Crippen molar-refractivity contribution in [2.75, 3.05) is 13.2 Å². The molecule has 3 N–H and O–H groups in total. The molecule has 0 radical (unpaired) electrons. The molecular formula is C34H71NO4S. The summed E-state index contributed by atoms with van der Waals surface area (Å²) in [6.45, 7) is 5.02. The summed E-state index contributed by atoms with van der Waals surface area (Å²) in [6, 6.07) is 0. The minimum Gasteiger partial charge on any atom is -0.344 e. The van der Waals surface area contributed by atoms with Gasteiger partial charge in [-0.15, -0.1) is 0 Å². The zero-order chi connectivity index (χ0) is 28.5. The minimum atomic E-state index is -3.83. The highest BCUT2D eigenvalue weighted by atomic mass is 32.3. The maximum atomic E-state index is 11.9. The van der Waals surface area contributed by atoms with Gasteiger partial charge >= 0.3 is 10.4 Å². The number of unbranched alkanes of at least 4 members (excludes halogenated alkanes) is 25. The van der Waals surface area contributed by atoms with Gasteiger partial charge in [0.15, 0.2) is 0 Å². The van der Waals surface area contributed by atoms with E-state index in [0.29, 0.717) is 0 Å². The SMILES string of the molecule is CCCCCCCCC=CCCCCCCCCOS(=O)(=O)OCCCCCCCCCCCCCCCC.N. The van der Waals surface area contributed by atoms with Crippen molar-refractivity contribution in [3.05, 3.63) is 12.2 Å². The Balaban J connectivity index is 0. The average Bonchev–Trinajstić information content (AvgIpc) is 2.92. The highest BCUT2D eigenvalue weighted by Gasteiger charge is 2.11. The van der Waals surface area contributed by atoms with Gasteiger partial charge in [-0.2, -0.15) is 8.42 Å². The van der Waals surface area contributed by atoms with E-state index in [1.54, 1.807) is 0 Å². The largest absolute Gasteiger partial charge is 0.399 e. The van der Waals surface area contributed by atoms with E-state index in [9.17, 15) is 8.42 Å². The Morgan fingerprint density at radius 2 is 0.650 bits per heavy atom. The highest BCUT2D eigenvalue weighted by molar-refractivity contribution is 7.81. The Kier molecular flexibility index (Phi) is 36.3. The summed E-state index contributed by atoms with van der Waals surface area (Å²) in [5.74, 6) is 0. The Morgan fingerprint density at radius 3 is 0.950 bits per heavy atom. The molecule has 5 nitrogen and oxygen atoms in total. The fraction of sp³-hybridized carbons (Fsp3) is 0.941. The van der Waals surface area contributed by atoms with E-state index in [-0.39, 0.29) is 19.4 Å². The molecule has 0 saturated carbocycles. The van der Waals surface area contributed by atoms with Gasteiger partial charge in [0.05, 0.1) is 13.2 Å². The van der Waals surface area contributed by atoms with Crippen LogP contribution in [0.3, 0.4) is 0 Å². The first-order valence-electron chi connectivity index (χ1n) is 17.3. The van der Waals surface area contributed by atoms with Crippen LogP contribution >= 0.6 is 0 Å². The van der Waals surface area contributed by atoms with Gasteiger partial charge in [0.1, 0.15) is 0 Å². The van der Waals surface area contributed by atoms with Crippen molar-refractivity contribution in [3.63, 3.8) is 0 Å². The Hall–Kier alpha value is -0.430. The van der Waals surface area contributed by atoms with Crippen molar-refractivity contribution >= 4 is 10.4 Å². The maximum absolute atomic E-state index is 11.9. The van der Waals surface area contributed by atoms with E-state index in [1.807, 2.05) is 0 Å². The molecule has 0 aromatic carbocycles. The summed E-state index contributed by atoms with van der Waals surface area (Å²) in [6.07, 6.45) is 40.0. The zero-order valence-electron chi connectivity index (χ0n) is 27.1. The van der Waals surface area contributed by atoms with E-state index >= 15 is 0 Å². The molecule has 0 aliphatic heterocycles. The quantitative estimate of drug-likeness (QED) is 0.0607. The molecule has 40 heavy (non-hydrogen) atoms. The van der Waals surface area contributed by atoms with Crippen LogP contribution in [0.15, 0.2) is 12.2 Å². The second-order valence-electron chi connectivity index (χ2n) is 11.6. The van der Waals surface area contributed by atoms with E-state index in [4.69, 9.17) is 8.37 Å². The highest BCUT2D eigenvalue weighted by Crippen LogP contribution is 2.14. The normalized spacial score (nSPS) is 11.8. The lowest BCUT2D eigenvalue weighted by atomic mass is 10.0. The molecule has 0 bridgehead atoms. The monoisotopic (exact) mass is 590 g/mol. The van der Waals surface area contributed by atoms with Crippen LogP contribution in [0.2, 0.25) is 0 Å². The van der Waals surface area contributed by atoms with Crippen molar-refractivity contribution in [2.24, 2.45) is 0 Å². The van der Waals surface area contributed by atoms with Crippen molar-refractivity contribution < 1.29 is 16.8 Å². The molecular weight excluding hydrogens is 518 g/mol. The van der Waals surface area contributed by atoms with Gasteiger partial charge < -0.3 is 6.15 Å². The number of hydrogen-bond donors (Lipinski definition) is 1. The molecule has 0 atom stereocenters. The van der Waals surface area contributed by atoms with Crippen LogP contribution in [0.5, 0.6) is 0 Å². The van der Waals surface area contributed by atoms with Crippen LogP contribution in [0.25, 0.3) is 0 Å². The van der Waals surface area contributed by atoms with Crippen LogP contribution in [0.1, 0.15) is 194 Å². The summed E-state index contributed by atoms with van der Waals surface area (Å²) in [4.78, 5) is 0. The number of rotatable bonds is 33. The lowest BCUT2D eigenvalue weighted by Gasteiger charge is -2.06. The fourth-order valence-corrected chi connectivity index (χ4v) is 5.71. The maximum Gasteiger partial charge on any atom is 0.399 e. The van der Waals surface area contributed by atoms with E-state index in [2.05, 4.69) is 26.0 Å². The lowest BCUT2D eigenvalue weighted by Crippen LogP contribution is -2.12. The van der Waals surface area contributed by atoms with Gasteiger partial charge in [-0.25, -0.2) is 8.37 Å². The Bertz CT molecular complexity index is 595. The van der Waals surface area contributed by atoms with E-state index < -0.39 is 10.4 Å². The molecule has 0 fully saturated rings. The molecule has 0 aromatic heterocycles. The van der Waals surface area contributed by atoms with Gasteiger partial charge in [0, 0.05) is 0 Å². The van der Waals surface area contributed by atoms with Crippen LogP contribution in [0, 0.1) is 0 Å². The topological polar surface area (TPSA) is 87.6 Å². The molecule has 6 heteroatoms. The summed E-state index contributed by atoms with van der Waals surface area (Å²) >= 11 is 0.